The van der Waals surface area contributed by atoms with Gasteiger partial charge in [0.25, 0.3) is 0 Å². The van der Waals surface area contributed by atoms with Gasteiger partial charge >= 0.3 is 0 Å². The van der Waals surface area contributed by atoms with Gasteiger partial charge in [0.05, 0.1) is 13.7 Å². The third-order valence-corrected chi connectivity index (χ3v) is 5.98. The van der Waals surface area contributed by atoms with E-state index in [1.807, 2.05) is 11.0 Å². The molecule has 2 aliphatic heterocycles. The second-order valence-electron chi connectivity index (χ2n) is 7.61. The fourth-order valence-corrected chi connectivity index (χ4v) is 4.23. The lowest BCUT2D eigenvalue weighted by Gasteiger charge is -2.47. The zero-order chi connectivity index (χ0) is 17.9. The number of methoxy groups -OCH3 is 1. The lowest BCUT2D eigenvalue weighted by atomic mass is 9.72. The number of amides is 1. The molecule has 0 unspecified atom stereocenters. The van der Waals surface area contributed by atoms with Crippen LogP contribution in [0, 0.1) is 12.3 Å². The molecule has 5 nitrogen and oxygen atoms in total. The predicted octanol–water partition coefficient (Wildman–Crippen LogP) is 2.20. The van der Waals surface area contributed by atoms with Gasteiger partial charge in [-0.25, -0.2) is 0 Å². The summed E-state index contributed by atoms with van der Waals surface area (Å²) in [7, 11) is 1.70. The molecule has 0 aliphatic carbocycles. The molecule has 0 aromatic heterocycles. The molecule has 1 N–H and O–H groups in total. The van der Waals surface area contributed by atoms with E-state index in [0.717, 1.165) is 51.2 Å². The molecule has 25 heavy (non-hydrogen) atoms. The van der Waals surface area contributed by atoms with Crippen molar-refractivity contribution in [3.05, 3.63) is 29.3 Å². The van der Waals surface area contributed by atoms with Gasteiger partial charge < -0.3 is 14.7 Å². The van der Waals surface area contributed by atoms with Crippen LogP contribution in [0.3, 0.4) is 0 Å². The Labute approximate surface area is 150 Å². The van der Waals surface area contributed by atoms with E-state index in [1.54, 1.807) is 7.11 Å². The number of piperidine rings is 2. The largest absolute Gasteiger partial charge is 0.497 e. The van der Waals surface area contributed by atoms with Crippen LogP contribution in [0.4, 0.5) is 0 Å². The summed E-state index contributed by atoms with van der Waals surface area (Å²) in [6, 6.07) is 6.30. The average Bonchev–Trinajstić information content (AvgIpc) is 2.62. The quantitative estimate of drug-likeness (QED) is 0.888. The van der Waals surface area contributed by atoms with Crippen LogP contribution >= 0.6 is 0 Å². The molecule has 1 spiro atoms. The van der Waals surface area contributed by atoms with Crippen LogP contribution < -0.4 is 4.74 Å². The Bertz CT molecular complexity index is 609. The number of β-amino-alcohol motifs (C(OH)–C–C–N with tert-alkyl or cyclic N) is 1. The zero-order valence-electron chi connectivity index (χ0n) is 15.5. The fraction of sp³-hybridized carbons (Fsp3) is 0.650. The van der Waals surface area contributed by atoms with Crippen LogP contribution in [-0.4, -0.2) is 60.7 Å². The number of ether oxygens (including phenoxy) is 1. The number of rotatable bonds is 5. The number of hydrogen-bond donors (Lipinski definition) is 1. The summed E-state index contributed by atoms with van der Waals surface area (Å²) >= 11 is 0. The molecule has 0 bridgehead atoms. The first-order valence-corrected chi connectivity index (χ1v) is 9.30. The summed E-state index contributed by atoms with van der Waals surface area (Å²) in [4.78, 5) is 16.4. The number of nitrogens with zero attached hydrogens (tertiary/aromatic N) is 2. The highest BCUT2D eigenvalue weighted by molar-refractivity contribution is 5.77. The molecule has 2 heterocycles. The van der Waals surface area contributed by atoms with Gasteiger partial charge in [-0.15, -0.1) is 0 Å². The van der Waals surface area contributed by atoms with Crippen molar-refractivity contribution in [3.8, 4) is 5.75 Å². The molecule has 2 saturated heterocycles. The summed E-state index contributed by atoms with van der Waals surface area (Å²) in [5, 5.41) is 9.18. The number of aliphatic hydroxyl groups is 1. The molecule has 1 amide bonds. The van der Waals surface area contributed by atoms with Gasteiger partial charge in [0.2, 0.25) is 5.91 Å². The first-order chi connectivity index (χ1) is 12.0. The number of carbonyl (C=O) groups excluding carboxylic acids is 1. The van der Waals surface area contributed by atoms with Gasteiger partial charge in [-0.3, -0.25) is 9.69 Å². The predicted molar refractivity (Wildman–Crippen MR) is 97.6 cm³/mol. The van der Waals surface area contributed by atoms with Crippen molar-refractivity contribution in [3.63, 3.8) is 0 Å². The summed E-state index contributed by atoms with van der Waals surface area (Å²) < 4.78 is 5.29. The molecule has 138 valence electrons. The topological polar surface area (TPSA) is 53.0 Å². The number of aliphatic hydroxyl groups excluding tert-OH is 1. The van der Waals surface area contributed by atoms with Gasteiger partial charge in [-0.1, -0.05) is 6.07 Å². The second-order valence-corrected chi connectivity index (χ2v) is 7.61. The van der Waals surface area contributed by atoms with Crippen LogP contribution in [0.1, 0.15) is 36.8 Å². The Hall–Kier alpha value is -1.59. The minimum Gasteiger partial charge on any atom is -0.497 e. The van der Waals surface area contributed by atoms with Crippen LogP contribution in [0.5, 0.6) is 5.75 Å². The van der Waals surface area contributed by atoms with Crippen LogP contribution in [0.25, 0.3) is 0 Å². The summed E-state index contributed by atoms with van der Waals surface area (Å²) in [5.41, 5.74) is 2.89. The third-order valence-electron chi connectivity index (χ3n) is 5.98. The third kappa shape index (κ3) is 4.15. The maximum atomic E-state index is 12.0. The molecular weight excluding hydrogens is 316 g/mol. The van der Waals surface area contributed by atoms with E-state index >= 15 is 0 Å². The maximum Gasteiger partial charge on any atom is 0.222 e. The lowest BCUT2D eigenvalue weighted by Crippen LogP contribution is -2.51. The van der Waals surface area contributed by atoms with Gasteiger partial charge in [-0.05, 0) is 68.0 Å². The van der Waals surface area contributed by atoms with Crippen LogP contribution in [0.2, 0.25) is 0 Å². The fourth-order valence-electron chi connectivity index (χ4n) is 4.23. The molecule has 2 aliphatic rings. The summed E-state index contributed by atoms with van der Waals surface area (Å²) in [6.45, 7) is 6.63. The molecule has 0 saturated carbocycles. The highest BCUT2D eigenvalue weighted by Gasteiger charge is 2.40. The number of benzene rings is 1. The lowest BCUT2D eigenvalue weighted by molar-refractivity contribution is -0.139. The maximum absolute atomic E-state index is 12.0. The molecule has 3 rings (SSSR count). The number of likely N-dealkylation sites (tertiary alicyclic amines) is 2. The van der Waals surface area contributed by atoms with Crippen LogP contribution in [-0.2, 0) is 11.3 Å². The van der Waals surface area contributed by atoms with Crippen molar-refractivity contribution in [2.24, 2.45) is 5.41 Å². The Morgan fingerprint density at radius 1 is 1.24 bits per heavy atom. The Balaban J connectivity index is 1.57. The van der Waals surface area contributed by atoms with Crippen molar-refractivity contribution in [2.75, 3.05) is 39.9 Å². The smallest absolute Gasteiger partial charge is 0.222 e. The minimum absolute atomic E-state index is 0.0602. The van der Waals surface area contributed by atoms with E-state index in [0.29, 0.717) is 13.0 Å². The molecule has 5 heteroatoms. The van der Waals surface area contributed by atoms with E-state index in [1.165, 1.54) is 11.1 Å². The first kappa shape index (κ1) is 18.2. The van der Waals surface area contributed by atoms with Crippen molar-refractivity contribution >= 4 is 5.91 Å². The Morgan fingerprint density at radius 3 is 2.64 bits per heavy atom. The van der Waals surface area contributed by atoms with Crippen molar-refractivity contribution in [1.82, 2.24) is 9.80 Å². The summed E-state index contributed by atoms with van der Waals surface area (Å²) in [5.74, 6) is 1.12. The van der Waals surface area contributed by atoms with Crippen molar-refractivity contribution < 1.29 is 14.6 Å². The molecule has 2 fully saturated rings. The van der Waals surface area contributed by atoms with Gasteiger partial charge in [0.1, 0.15) is 5.75 Å². The molecule has 1 aromatic rings. The number of hydrogen-bond acceptors (Lipinski definition) is 4. The summed E-state index contributed by atoms with van der Waals surface area (Å²) in [6.07, 6.45) is 3.91. The average molecular weight is 346 g/mol. The minimum atomic E-state index is 0.0602. The van der Waals surface area contributed by atoms with Gasteiger partial charge in [0, 0.05) is 26.1 Å². The second kappa shape index (κ2) is 7.75. The highest BCUT2D eigenvalue weighted by atomic mass is 16.5. The Kier molecular flexibility index (Phi) is 5.64. The molecule has 0 radical (unpaired) electrons. The van der Waals surface area contributed by atoms with Gasteiger partial charge in [0.15, 0.2) is 0 Å². The normalized spacial score (nSPS) is 20.9. The van der Waals surface area contributed by atoms with Crippen molar-refractivity contribution in [1.29, 1.82) is 0 Å². The highest BCUT2D eigenvalue weighted by Crippen LogP contribution is 2.40. The van der Waals surface area contributed by atoms with Crippen molar-refractivity contribution in [2.45, 2.75) is 39.2 Å². The first-order valence-electron chi connectivity index (χ1n) is 9.30. The van der Waals surface area contributed by atoms with E-state index in [9.17, 15) is 9.90 Å². The molecular formula is C20H30N2O3. The molecule has 0 atom stereocenters. The standard InChI is InChI=1S/C20H30N2O3/c1-16-13-18(25-2)4-3-17(16)14-21-9-7-20(8-10-21)6-5-19(24)22(15-20)11-12-23/h3-4,13,23H,5-12,14-15H2,1-2H3. The monoisotopic (exact) mass is 346 g/mol. The van der Waals surface area contributed by atoms with E-state index in [-0.39, 0.29) is 17.9 Å². The number of aryl methyl sites for hydroxylation is 1. The van der Waals surface area contributed by atoms with E-state index in [4.69, 9.17) is 4.74 Å². The van der Waals surface area contributed by atoms with E-state index in [2.05, 4.69) is 24.0 Å². The van der Waals surface area contributed by atoms with Crippen LogP contribution in [0.15, 0.2) is 18.2 Å². The SMILES string of the molecule is COc1ccc(CN2CCC3(CCC(=O)N(CCO)C3)CC2)c(C)c1. The van der Waals surface area contributed by atoms with Gasteiger partial charge in [-0.2, -0.15) is 0 Å². The Morgan fingerprint density at radius 2 is 2.00 bits per heavy atom. The zero-order valence-corrected chi connectivity index (χ0v) is 15.5. The molecule has 1 aromatic carbocycles. The number of carbonyl (C=O) groups is 1. The van der Waals surface area contributed by atoms with E-state index < -0.39 is 0 Å².